The summed E-state index contributed by atoms with van der Waals surface area (Å²) < 4.78 is 101. The second-order valence-corrected chi connectivity index (χ2v) is 52.1. The third kappa shape index (κ3) is 21.0. The lowest BCUT2D eigenvalue weighted by Gasteiger charge is -2.42. The lowest BCUT2D eigenvalue weighted by atomic mass is 10.0. The topological polar surface area (TPSA) is 148 Å². The van der Waals surface area contributed by atoms with E-state index in [0.717, 1.165) is 61.8 Å². The molecule has 4 aromatic rings. The van der Waals surface area contributed by atoms with Crippen LogP contribution in [0, 0.1) is 0 Å². The molecule has 0 amide bonds. The van der Waals surface area contributed by atoms with Crippen molar-refractivity contribution in [1.82, 2.24) is 0 Å². The standard InChI is InChI=1S/C48H84O16Si12/c1-65-53-67(3)58-73(9,59-68(4)54-65)35-15-34-50-46-27-21-43(22-28-46)37-45-25-31-48(32-26-45)52-40-76(12)63-72(8)57-71(7)62-75(11,64-76)38-49-33-14-13-16-41-17-19-42(20-18-41)36-44-23-29-47(30-24-44)51-39-74(10)60-69(5)55-66(2)56-70(6)61-74/h17-32,65-72H,13-16,33-40H2,1-12H3. The first kappa shape index (κ1) is 62.0. The van der Waals surface area contributed by atoms with Gasteiger partial charge in [-0.15, -0.1) is 0 Å². The van der Waals surface area contributed by atoms with Gasteiger partial charge in [-0.1, -0.05) is 60.7 Å². The summed E-state index contributed by atoms with van der Waals surface area (Å²) in [6.45, 7) is 26.0. The van der Waals surface area contributed by atoms with Gasteiger partial charge >= 0.3 is 34.2 Å². The summed E-state index contributed by atoms with van der Waals surface area (Å²) in [6, 6.07) is 34.7. The SMILES string of the molecule is C[SiH]1O[SiH](C)O[Si](C)(CCCOc2ccc(Cc3ccc(OC[Si]4(C)O[SiH](C)O[SiH](C)O[Si](C)(COCCCCc5ccc(Cc6ccc(OC[Si]7(C)O[SiH](C)O[SiH](C)O[SiH](C)O7)cc6)cc5)O4)cc3)cc2)O[SiH](C)O1. The van der Waals surface area contributed by atoms with Gasteiger partial charge in [0.15, 0.2) is 0 Å². The molecule has 8 unspecified atom stereocenters. The molecule has 76 heavy (non-hydrogen) atoms. The summed E-state index contributed by atoms with van der Waals surface area (Å²) in [5.41, 5.74) is 6.21. The lowest BCUT2D eigenvalue weighted by molar-refractivity contribution is 0.133. The van der Waals surface area contributed by atoms with Crippen LogP contribution in [0.3, 0.4) is 0 Å². The Hall–Kier alpha value is -1.64. The maximum Gasteiger partial charge on any atom is 0.356 e. The number of rotatable bonds is 22. The Morgan fingerprint density at radius 2 is 0.684 bits per heavy atom. The van der Waals surface area contributed by atoms with Crippen molar-refractivity contribution in [2.24, 2.45) is 0 Å². The number of benzene rings is 4. The zero-order chi connectivity index (χ0) is 54.4. The van der Waals surface area contributed by atoms with E-state index in [9.17, 15) is 0 Å². The van der Waals surface area contributed by atoms with E-state index in [2.05, 4.69) is 113 Å². The molecule has 0 saturated carbocycles. The highest BCUT2D eigenvalue weighted by atomic mass is 28.5. The second-order valence-electron chi connectivity index (χ2n) is 20.7. The smallest absolute Gasteiger partial charge is 0.356 e. The van der Waals surface area contributed by atoms with E-state index in [0.29, 0.717) is 31.9 Å². The van der Waals surface area contributed by atoms with Gasteiger partial charge in [-0.2, -0.15) is 0 Å². The fourth-order valence-electron chi connectivity index (χ4n) is 9.77. The monoisotopic (exact) mass is 1250 g/mol. The van der Waals surface area contributed by atoms with Crippen molar-refractivity contribution in [3.05, 3.63) is 125 Å². The van der Waals surface area contributed by atoms with E-state index in [1.54, 1.807) is 0 Å². The minimum Gasteiger partial charge on any atom is -0.494 e. The molecule has 8 atom stereocenters. The molecular formula is C48H84O16Si12. The highest BCUT2D eigenvalue weighted by Crippen LogP contribution is 2.27. The first-order valence-corrected chi connectivity index (χ1v) is 53.9. The molecule has 3 heterocycles. The molecule has 0 N–H and O–H groups in total. The Bertz CT molecular complexity index is 2330. The van der Waals surface area contributed by atoms with Gasteiger partial charge in [-0.3, -0.25) is 0 Å². The van der Waals surface area contributed by atoms with Crippen LogP contribution in [-0.4, -0.2) is 140 Å². The number of ether oxygens (including phenoxy) is 4. The molecule has 28 heteroatoms. The Morgan fingerprint density at radius 1 is 0.342 bits per heavy atom. The van der Waals surface area contributed by atoms with E-state index < -0.39 is 109 Å². The van der Waals surface area contributed by atoms with Crippen LogP contribution in [0.4, 0.5) is 0 Å². The first-order chi connectivity index (χ1) is 36.2. The van der Waals surface area contributed by atoms with Crippen LogP contribution in [-0.2, 0) is 73.4 Å². The minimum atomic E-state index is -2.87. The van der Waals surface area contributed by atoms with E-state index in [1.807, 2.05) is 62.6 Å². The molecule has 0 aliphatic carbocycles. The molecular weight excluding hydrogens is 1170 g/mol. The maximum atomic E-state index is 6.94. The molecule has 3 fully saturated rings. The van der Waals surface area contributed by atoms with E-state index >= 15 is 0 Å². The zero-order valence-electron chi connectivity index (χ0n) is 46.9. The molecule has 0 aromatic heterocycles. The predicted octanol–water partition coefficient (Wildman–Crippen LogP) is 7.38. The van der Waals surface area contributed by atoms with Gasteiger partial charge in [-0.05, 0) is 187 Å². The average molecular weight is 1250 g/mol. The highest BCUT2D eigenvalue weighted by Gasteiger charge is 2.49. The van der Waals surface area contributed by atoms with Crippen LogP contribution in [0.15, 0.2) is 97.1 Å². The minimum absolute atomic E-state index is 0.324. The molecule has 0 bridgehead atoms. The van der Waals surface area contributed by atoms with Crippen molar-refractivity contribution in [1.29, 1.82) is 0 Å². The van der Waals surface area contributed by atoms with E-state index in [-0.39, 0.29) is 0 Å². The molecule has 3 aliphatic heterocycles. The van der Waals surface area contributed by atoms with Gasteiger partial charge in [0.25, 0.3) is 74.3 Å². The summed E-state index contributed by atoms with van der Waals surface area (Å²) in [6.07, 6.45) is 6.59. The molecule has 420 valence electrons. The Kier molecular flexibility index (Phi) is 24.0. The Labute approximate surface area is 470 Å². The number of aryl methyl sites for hydroxylation is 1. The summed E-state index contributed by atoms with van der Waals surface area (Å²) >= 11 is 0. The largest absolute Gasteiger partial charge is 0.494 e. The fraction of sp³-hybridized carbons (Fsp3) is 0.500. The fourth-order valence-corrected chi connectivity index (χ4v) is 54.4. The van der Waals surface area contributed by atoms with Crippen molar-refractivity contribution >= 4 is 109 Å². The summed E-state index contributed by atoms with van der Waals surface area (Å²) in [5.74, 6) is 2.43. The number of unbranched alkanes of at least 4 members (excludes halogenated alkanes) is 1. The lowest BCUT2D eigenvalue weighted by Crippen LogP contribution is -2.63. The molecule has 4 aromatic carbocycles. The van der Waals surface area contributed by atoms with Crippen LogP contribution < -0.4 is 14.2 Å². The third-order valence-electron chi connectivity index (χ3n) is 12.9. The van der Waals surface area contributed by atoms with E-state index in [1.165, 1.54) is 27.8 Å². The second kappa shape index (κ2) is 29.4. The Morgan fingerprint density at radius 3 is 1.13 bits per heavy atom. The van der Waals surface area contributed by atoms with Crippen molar-refractivity contribution < 1.29 is 68.3 Å². The summed E-state index contributed by atoms with van der Waals surface area (Å²) in [5, 5.41) is 0. The summed E-state index contributed by atoms with van der Waals surface area (Å²) in [7, 11) is -25.0. The normalized spacial score (nSPS) is 31.7. The molecule has 3 saturated heterocycles. The van der Waals surface area contributed by atoms with Gasteiger partial charge < -0.3 is 68.3 Å². The van der Waals surface area contributed by atoms with Crippen molar-refractivity contribution in [3.63, 3.8) is 0 Å². The molecule has 3 aliphatic rings. The van der Waals surface area contributed by atoms with Gasteiger partial charge in [0, 0.05) is 6.61 Å². The number of hydrogen-bond acceptors (Lipinski definition) is 16. The number of hydrogen-bond donors (Lipinski definition) is 0. The highest BCUT2D eigenvalue weighted by molar-refractivity contribution is 6.87. The van der Waals surface area contributed by atoms with Crippen LogP contribution in [0.2, 0.25) is 84.6 Å². The molecule has 7 rings (SSSR count). The van der Waals surface area contributed by atoms with Crippen LogP contribution in [0.5, 0.6) is 17.2 Å². The average Bonchev–Trinajstić information content (AvgIpc) is 3.33. The molecule has 0 spiro atoms. The van der Waals surface area contributed by atoms with Crippen molar-refractivity contribution in [2.75, 3.05) is 31.9 Å². The van der Waals surface area contributed by atoms with Gasteiger partial charge in [0.1, 0.15) is 29.7 Å². The van der Waals surface area contributed by atoms with E-state index in [4.69, 9.17) is 68.3 Å². The van der Waals surface area contributed by atoms with Gasteiger partial charge in [-0.25, -0.2) is 0 Å². The maximum absolute atomic E-state index is 6.94. The van der Waals surface area contributed by atoms with Crippen molar-refractivity contribution in [3.8, 4) is 17.2 Å². The van der Waals surface area contributed by atoms with Crippen LogP contribution in [0.25, 0.3) is 0 Å². The van der Waals surface area contributed by atoms with Crippen molar-refractivity contribution in [2.45, 2.75) is 123 Å². The quantitative estimate of drug-likeness (QED) is 0.0569. The van der Waals surface area contributed by atoms with Gasteiger partial charge in [0.05, 0.1) is 12.8 Å². The molecule has 16 nitrogen and oxygen atoms in total. The van der Waals surface area contributed by atoms with Crippen LogP contribution >= 0.6 is 0 Å². The zero-order valence-corrected chi connectivity index (χ0v) is 60.1. The first-order valence-electron chi connectivity index (χ1n) is 27.0. The van der Waals surface area contributed by atoms with Gasteiger partial charge in [0.2, 0.25) is 0 Å². The summed E-state index contributed by atoms with van der Waals surface area (Å²) in [4.78, 5) is 0. The Balaban J connectivity index is 0.794. The third-order valence-corrected chi connectivity index (χ3v) is 54.9. The predicted molar refractivity (Wildman–Crippen MR) is 325 cm³/mol. The van der Waals surface area contributed by atoms with Crippen LogP contribution in [0.1, 0.15) is 47.1 Å². The molecule has 0 radical (unpaired) electrons.